The van der Waals surface area contributed by atoms with Crippen LogP contribution in [-0.4, -0.2) is 17.9 Å². The normalized spacial score (nSPS) is 11.6. The first-order chi connectivity index (χ1) is 13.4. The molecule has 0 heterocycles. The molecule has 0 aromatic heterocycles. The minimum atomic E-state index is -1.14. The Hall–Kier alpha value is -3.54. The maximum Gasteiger partial charge on any atom is 0.252 e. The van der Waals surface area contributed by atoms with Gasteiger partial charge in [0.05, 0.1) is 0 Å². The van der Waals surface area contributed by atoms with Crippen molar-refractivity contribution in [2.45, 2.75) is 12.5 Å². The number of carbonyl (C=O) groups is 2. The van der Waals surface area contributed by atoms with Crippen LogP contribution in [0, 0.1) is 11.6 Å². The Morgan fingerprint density at radius 1 is 0.857 bits per heavy atom. The van der Waals surface area contributed by atoms with Gasteiger partial charge in [0.1, 0.15) is 6.04 Å². The summed E-state index contributed by atoms with van der Waals surface area (Å²) in [7, 11) is 0. The highest BCUT2D eigenvalue weighted by molar-refractivity contribution is 5.97. The summed E-state index contributed by atoms with van der Waals surface area (Å²) in [5, 5.41) is 2.47. The fraction of sp³-hybridized carbons (Fsp3) is 0.0909. The summed E-state index contributed by atoms with van der Waals surface area (Å²) in [4.78, 5) is 24.0. The summed E-state index contributed by atoms with van der Waals surface area (Å²) in [5.74, 6) is -3.62. The summed E-state index contributed by atoms with van der Waals surface area (Å²) in [6.07, 6.45) is 0.180. The molecular formula is C22H18F2N2O2. The average Bonchev–Trinajstić information content (AvgIpc) is 2.70. The van der Waals surface area contributed by atoms with Gasteiger partial charge in [-0.25, -0.2) is 8.78 Å². The molecule has 0 fully saturated rings. The monoisotopic (exact) mass is 380 g/mol. The van der Waals surface area contributed by atoms with Crippen molar-refractivity contribution in [3.05, 3.63) is 95.6 Å². The molecule has 3 aromatic rings. The molecule has 0 aliphatic heterocycles. The quantitative estimate of drug-likeness (QED) is 0.687. The van der Waals surface area contributed by atoms with E-state index in [1.165, 1.54) is 0 Å². The molecule has 0 saturated carbocycles. The van der Waals surface area contributed by atoms with E-state index in [1.54, 1.807) is 0 Å². The minimum Gasteiger partial charge on any atom is -0.368 e. The predicted octanol–water partition coefficient (Wildman–Crippen LogP) is 3.46. The van der Waals surface area contributed by atoms with Crippen LogP contribution in [0.5, 0.6) is 0 Å². The zero-order chi connectivity index (χ0) is 20.1. The number of primary amides is 1. The van der Waals surface area contributed by atoms with Gasteiger partial charge in [0.15, 0.2) is 11.6 Å². The Balaban J connectivity index is 1.71. The molecule has 4 nitrogen and oxygen atoms in total. The molecule has 1 atom stereocenters. The second-order valence-corrected chi connectivity index (χ2v) is 6.32. The molecule has 3 rings (SSSR count). The molecule has 6 heteroatoms. The molecule has 3 aromatic carbocycles. The number of amides is 2. The van der Waals surface area contributed by atoms with Gasteiger partial charge in [-0.3, -0.25) is 9.59 Å². The first-order valence-electron chi connectivity index (χ1n) is 8.63. The van der Waals surface area contributed by atoms with E-state index in [0.717, 1.165) is 34.9 Å². The highest BCUT2D eigenvalue weighted by Gasteiger charge is 2.20. The molecule has 0 radical (unpaired) electrons. The molecule has 142 valence electrons. The molecule has 0 saturated heterocycles. The molecule has 3 N–H and O–H groups in total. The van der Waals surface area contributed by atoms with Crippen molar-refractivity contribution in [3.63, 3.8) is 0 Å². The fourth-order valence-corrected chi connectivity index (χ4v) is 2.80. The van der Waals surface area contributed by atoms with Crippen LogP contribution in [0.15, 0.2) is 72.8 Å². The fourth-order valence-electron chi connectivity index (χ4n) is 2.80. The van der Waals surface area contributed by atoms with Gasteiger partial charge in [0, 0.05) is 12.0 Å². The van der Waals surface area contributed by atoms with Gasteiger partial charge < -0.3 is 11.1 Å². The minimum absolute atomic E-state index is 0.0930. The Kier molecular flexibility index (Phi) is 5.79. The number of nitrogens with two attached hydrogens (primary N) is 1. The van der Waals surface area contributed by atoms with Gasteiger partial charge >= 0.3 is 0 Å². The molecule has 0 aliphatic rings. The first-order valence-corrected chi connectivity index (χ1v) is 8.63. The third-order valence-corrected chi connectivity index (χ3v) is 4.33. The molecule has 0 aliphatic carbocycles. The molecule has 0 unspecified atom stereocenters. The number of nitrogens with one attached hydrogen (secondary N) is 1. The summed E-state index contributed by atoms with van der Waals surface area (Å²) in [6, 6.07) is 19.1. The Labute approximate surface area is 161 Å². The Morgan fingerprint density at radius 3 is 2.11 bits per heavy atom. The van der Waals surface area contributed by atoms with E-state index in [2.05, 4.69) is 5.32 Å². The van der Waals surface area contributed by atoms with Crippen LogP contribution in [0.4, 0.5) is 8.78 Å². The van der Waals surface area contributed by atoms with Crippen molar-refractivity contribution in [2.24, 2.45) is 5.73 Å². The lowest BCUT2D eigenvalue weighted by Gasteiger charge is -2.16. The molecule has 2 amide bonds. The number of halogens is 2. The summed E-state index contributed by atoms with van der Waals surface area (Å²) in [6.45, 7) is 0. The second-order valence-electron chi connectivity index (χ2n) is 6.32. The van der Waals surface area contributed by atoms with Crippen LogP contribution < -0.4 is 11.1 Å². The van der Waals surface area contributed by atoms with E-state index in [0.29, 0.717) is 0 Å². The highest BCUT2D eigenvalue weighted by Crippen LogP contribution is 2.20. The van der Waals surface area contributed by atoms with Gasteiger partial charge in [-0.2, -0.15) is 0 Å². The van der Waals surface area contributed by atoms with E-state index in [1.807, 2.05) is 54.6 Å². The van der Waals surface area contributed by atoms with Crippen LogP contribution in [0.2, 0.25) is 0 Å². The Bertz CT molecular complexity index is 989. The molecule has 0 spiro atoms. The topological polar surface area (TPSA) is 72.2 Å². The van der Waals surface area contributed by atoms with Gasteiger partial charge in [0.25, 0.3) is 5.91 Å². The van der Waals surface area contributed by atoms with Gasteiger partial charge in [0.2, 0.25) is 5.91 Å². The predicted molar refractivity (Wildman–Crippen MR) is 102 cm³/mol. The number of rotatable bonds is 6. The van der Waals surface area contributed by atoms with Gasteiger partial charge in [-0.15, -0.1) is 0 Å². The average molecular weight is 380 g/mol. The Morgan fingerprint density at radius 2 is 1.50 bits per heavy atom. The number of benzene rings is 3. The summed E-state index contributed by atoms with van der Waals surface area (Å²) < 4.78 is 26.3. The van der Waals surface area contributed by atoms with E-state index in [9.17, 15) is 18.4 Å². The molecule has 28 heavy (non-hydrogen) atoms. The lowest BCUT2D eigenvalue weighted by atomic mass is 10.00. The van der Waals surface area contributed by atoms with E-state index in [-0.39, 0.29) is 12.0 Å². The van der Waals surface area contributed by atoms with Crippen LogP contribution >= 0.6 is 0 Å². The summed E-state index contributed by atoms with van der Waals surface area (Å²) >= 11 is 0. The van der Waals surface area contributed by atoms with Crippen LogP contribution in [0.25, 0.3) is 11.1 Å². The van der Waals surface area contributed by atoms with Crippen LogP contribution in [-0.2, 0) is 11.2 Å². The largest absolute Gasteiger partial charge is 0.368 e. The van der Waals surface area contributed by atoms with E-state index < -0.39 is 29.5 Å². The zero-order valence-electron chi connectivity index (χ0n) is 14.9. The van der Waals surface area contributed by atoms with Crippen molar-refractivity contribution in [1.82, 2.24) is 5.32 Å². The van der Waals surface area contributed by atoms with E-state index in [4.69, 9.17) is 5.73 Å². The van der Waals surface area contributed by atoms with E-state index >= 15 is 0 Å². The smallest absolute Gasteiger partial charge is 0.252 e. The molecular weight excluding hydrogens is 362 g/mol. The first kappa shape index (κ1) is 19.2. The van der Waals surface area contributed by atoms with Crippen molar-refractivity contribution >= 4 is 11.8 Å². The standard InChI is InChI=1S/C22H18F2N2O2/c23-18-11-10-17(13-19(18)24)22(28)26-20(21(25)27)12-14-6-8-16(9-7-14)15-4-2-1-3-5-15/h1-11,13,20H,12H2,(H2,25,27)(H,26,28)/t20-/m0/s1. The molecule has 0 bridgehead atoms. The highest BCUT2D eigenvalue weighted by atomic mass is 19.2. The van der Waals surface area contributed by atoms with Gasteiger partial charge in [-0.05, 0) is 34.9 Å². The van der Waals surface area contributed by atoms with Gasteiger partial charge in [-0.1, -0.05) is 54.6 Å². The third kappa shape index (κ3) is 4.59. The number of carbonyl (C=O) groups excluding carboxylic acids is 2. The second kappa shape index (κ2) is 8.43. The maximum atomic E-state index is 13.3. The summed E-state index contributed by atoms with van der Waals surface area (Å²) in [5.41, 5.74) is 8.19. The lowest BCUT2D eigenvalue weighted by molar-refractivity contribution is -0.119. The van der Waals surface area contributed by atoms with Crippen LogP contribution in [0.3, 0.4) is 0 Å². The SMILES string of the molecule is NC(=O)[C@H](Cc1ccc(-c2ccccc2)cc1)NC(=O)c1ccc(F)c(F)c1. The zero-order valence-corrected chi connectivity index (χ0v) is 14.9. The van der Waals surface area contributed by atoms with Crippen molar-refractivity contribution in [3.8, 4) is 11.1 Å². The maximum absolute atomic E-state index is 13.3. The van der Waals surface area contributed by atoms with Crippen LogP contribution in [0.1, 0.15) is 15.9 Å². The van der Waals surface area contributed by atoms with Crippen molar-refractivity contribution in [1.29, 1.82) is 0 Å². The number of hydrogen-bond acceptors (Lipinski definition) is 2. The van der Waals surface area contributed by atoms with Crippen molar-refractivity contribution < 1.29 is 18.4 Å². The number of hydrogen-bond donors (Lipinski definition) is 2. The lowest BCUT2D eigenvalue weighted by Crippen LogP contribution is -2.45. The van der Waals surface area contributed by atoms with Crippen molar-refractivity contribution in [2.75, 3.05) is 0 Å². The third-order valence-electron chi connectivity index (χ3n) is 4.33.